The van der Waals surface area contributed by atoms with Gasteiger partial charge in [0.05, 0.1) is 0 Å². The van der Waals surface area contributed by atoms with Gasteiger partial charge in [0.15, 0.2) is 0 Å². The number of nitrogens with two attached hydrogens (primary N) is 1. The van der Waals surface area contributed by atoms with Gasteiger partial charge in [0.1, 0.15) is 11.9 Å². The lowest BCUT2D eigenvalue weighted by atomic mass is 9.92. The maximum atomic E-state index is 13.3. The molecule has 208 valence electrons. The van der Waals surface area contributed by atoms with Crippen LogP contribution in [0.4, 0.5) is 10.1 Å². The van der Waals surface area contributed by atoms with Crippen molar-refractivity contribution in [2.24, 2.45) is 11.7 Å². The fraction of sp³-hybridized carbons (Fsp3) is 0.481. The van der Waals surface area contributed by atoms with Crippen LogP contribution in [0.3, 0.4) is 0 Å². The van der Waals surface area contributed by atoms with Gasteiger partial charge in [0, 0.05) is 42.8 Å². The number of benzene rings is 2. The Kier molecular flexibility index (Phi) is 10.00. The topological polar surface area (TPSA) is 125 Å². The van der Waals surface area contributed by atoms with E-state index in [9.17, 15) is 22.4 Å². The Morgan fingerprint density at radius 3 is 2.13 bits per heavy atom. The van der Waals surface area contributed by atoms with Crippen molar-refractivity contribution in [2.75, 3.05) is 18.4 Å². The highest BCUT2D eigenvalue weighted by Gasteiger charge is 2.43. The Morgan fingerprint density at radius 2 is 1.55 bits per heavy atom. The van der Waals surface area contributed by atoms with E-state index in [1.807, 2.05) is 30.3 Å². The second-order valence-corrected chi connectivity index (χ2v) is 11.9. The van der Waals surface area contributed by atoms with E-state index in [0.717, 1.165) is 5.56 Å². The zero-order valence-corrected chi connectivity index (χ0v) is 23.1. The van der Waals surface area contributed by atoms with Crippen molar-refractivity contribution < 1.29 is 22.4 Å². The summed E-state index contributed by atoms with van der Waals surface area (Å²) in [5, 5.41) is 5.72. The predicted molar refractivity (Wildman–Crippen MR) is 146 cm³/mol. The van der Waals surface area contributed by atoms with Gasteiger partial charge in [-0.15, -0.1) is 0 Å². The van der Waals surface area contributed by atoms with Crippen LogP contribution in [0.2, 0.25) is 0 Å². The van der Waals surface area contributed by atoms with E-state index in [1.165, 1.54) is 32.9 Å². The highest BCUT2D eigenvalue weighted by molar-refractivity contribution is 7.87. The van der Waals surface area contributed by atoms with Crippen LogP contribution in [0.15, 0.2) is 54.6 Å². The van der Waals surface area contributed by atoms with Crippen LogP contribution in [0.5, 0.6) is 0 Å². The third-order valence-corrected chi connectivity index (χ3v) is 9.14. The second kappa shape index (κ2) is 12.8. The van der Waals surface area contributed by atoms with Crippen molar-refractivity contribution in [1.82, 2.24) is 13.9 Å². The van der Waals surface area contributed by atoms with E-state index < -0.39 is 46.0 Å². The lowest BCUT2D eigenvalue weighted by molar-refractivity contribution is -0.125. The summed E-state index contributed by atoms with van der Waals surface area (Å²) in [5.74, 6) is -1.62. The average molecular weight is 548 g/mol. The van der Waals surface area contributed by atoms with Gasteiger partial charge in [0.25, 0.3) is 10.2 Å². The summed E-state index contributed by atoms with van der Waals surface area (Å²) in [5.41, 5.74) is 7.97. The van der Waals surface area contributed by atoms with Crippen molar-refractivity contribution in [2.45, 2.75) is 64.7 Å². The number of nitrogens with zero attached hydrogens (tertiary/aromatic N) is 2. The molecule has 4 N–H and O–H groups in total. The highest BCUT2D eigenvalue weighted by atomic mass is 32.2. The molecular formula is C27H38FN5O4S. The van der Waals surface area contributed by atoms with Crippen LogP contribution in [0.25, 0.3) is 0 Å². The zero-order chi connectivity index (χ0) is 28.0. The van der Waals surface area contributed by atoms with Gasteiger partial charge in [-0.25, -0.2) is 4.39 Å². The molecule has 0 aromatic heterocycles. The molecule has 0 bridgehead atoms. The molecule has 4 atom stereocenters. The maximum absolute atomic E-state index is 13.3. The molecule has 1 fully saturated rings. The van der Waals surface area contributed by atoms with Crippen LogP contribution in [0, 0.1) is 11.7 Å². The summed E-state index contributed by atoms with van der Waals surface area (Å²) in [6, 6.07) is 12.7. The van der Waals surface area contributed by atoms with Gasteiger partial charge in [-0.2, -0.15) is 17.0 Å². The number of rotatable bonds is 11. The van der Waals surface area contributed by atoms with E-state index in [4.69, 9.17) is 5.73 Å². The Hall–Kier alpha value is -2.86. The lowest BCUT2D eigenvalue weighted by Crippen LogP contribution is -2.55. The largest absolute Gasteiger partial charge is 0.350 e. The van der Waals surface area contributed by atoms with Crippen LogP contribution < -0.4 is 16.4 Å². The number of nitrogens with one attached hydrogen (secondary N) is 2. The molecule has 1 heterocycles. The minimum absolute atomic E-state index is 0.206. The first-order chi connectivity index (χ1) is 17.9. The molecule has 9 nitrogen and oxygen atoms in total. The zero-order valence-electron chi connectivity index (χ0n) is 22.3. The smallest absolute Gasteiger partial charge is 0.283 e. The molecule has 1 aliphatic heterocycles. The number of hydrogen-bond acceptors (Lipinski definition) is 5. The first-order valence-corrected chi connectivity index (χ1v) is 14.2. The van der Waals surface area contributed by atoms with Crippen molar-refractivity contribution >= 4 is 27.7 Å². The third kappa shape index (κ3) is 7.37. The third-order valence-electron chi connectivity index (χ3n) is 6.85. The molecule has 0 unspecified atom stereocenters. The van der Waals surface area contributed by atoms with Gasteiger partial charge >= 0.3 is 0 Å². The fourth-order valence-corrected chi connectivity index (χ4v) is 6.49. The second-order valence-electron chi connectivity index (χ2n) is 10.1. The van der Waals surface area contributed by atoms with Crippen LogP contribution in [-0.2, 0) is 26.2 Å². The summed E-state index contributed by atoms with van der Waals surface area (Å²) < 4.78 is 41.7. The molecule has 2 aromatic rings. The predicted octanol–water partition coefficient (Wildman–Crippen LogP) is 2.50. The fourth-order valence-electron chi connectivity index (χ4n) is 4.57. The molecular weight excluding hydrogens is 509 g/mol. The normalized spacial score (nSPS) is 19.0. The van der Waals surface area contributed by atoms with E-state index in [-0.39, 0.29) is 24.9 Å². The van der Waals surface area contributed by atoms with E-state index in [1.54, 1.807) is 27.7 Å². The van der Waals surface area contributed by atoms with Gasteiger partial charge in [0.2, 0.25) is 11.8 Å². The monoisotopic (exact) mass is 547 g/mol. The molecule has 0 saturated carbocycles. The summed E-state index contributed by atoms with van der Waals surface area (Å²) >= 11 is 0. The molecule has 2 aromatic carbocycles. The molecule has 1 saturated heterocycles. The highest BCUT2D eigenvalue weighted by Crippen LogP contribution is 2.22. The Bertz CT molecular complexity index is 1190. The number of hydrogen-bond donors (Lipinski definition) is 3. The molecule has 2 amide bonds. The number of amides is 2. The van der Waals surface area contributed by atoms with E-state index in [0.29, 0.717) is 18.7 Å². The van der Waals surface area contributed by atoms with Crippen LogP contribution in [-0.4, -0.2) is 66.1 Å². The summed E-state index contributed by atoms with van der Waals surface area (Å²) in [4.78, 5) is 26.0. The van der Waals surface area contributed by atoms with Crippen molar-refractivity contribution in [3.05, 3.63) is 66.0 Å². The summed E-state index contributed by atoms with van der Waals surface area (Å²) in [6.07, 6.45) is 0.681. The number of carbonyl (C=O) groups is 2. The molecule has 0 radical (unpaired) electrons. The Morgan fingerprint density at radius 1 is 0.947 bits per heavy atom. The van der Waals surface area contributed by atoms with E-state index >= 15 is 0 Å². The average Bonchev–Trinajstić information content (AvgIpc) is 3.19. The SMILES string of the molecule is CC(C)N1CCN([C@H](C)C(=O)N[C@@H](Cc2ccccc2)[C@@H](N)C[C@@H](C)C(=O)Nc2ccc(F)cc2)S1(=O)=O. The molecule has 0 spiro atoms. The van der Waals surface area contributed by atoms with E-state index in [2.05, 4.69) is 10.6 Å². The van der Waals surface area contributed by atoms with Crippen molar-refractivity contribution in [1.29, 1.82) is 0 Å². The Balaban J connectivity index is 1.70. The molecule has 0 aliphatic carbocycles. The quantitative estimate of drug-likeness (QED) is 0.399. The minimum atomic E-state index is -3.75. The first-order valence-electron chi connectivity index (χ1n) is 12.8. The molecule has 1 aliphatic rings. The molecule has 3 rings (SSSR count). The van der Waals surface area contributed by atoms with Gasteiger partial charge in [-0.1, -0.05) is 37.3 Å². The number of carbonyl (C=O) groups excluding carboxylic acids is 2. The van der Waals surface area contributed by atoms with Crippen molar-refractivity contribution in [3.8, 4) is 0 Å². The Labute approximate surface area is 224 Å². The summed E-state index contributed by atoms with van der Waals surface area (Å²) in [6.45, 7) is 7.46. The lowest BCUT2D eigenvalue weighted by Gasteiger charge is -2.30. The summed E-state index contributed by atoms with van der Waals surface area (Å²) in [7, 11) is -3.75. The van der Waals surface area contributed by atoms with Crippen LogP contribution >= 0.6 is 0 Å². The van der Waals surface area contributed by atoms with Crippen molar-refractivity contribution in [3.63, 3.8) is 0 Å². The van der Waals surface area contributed by atoms with Gasteiger partial charge in [-0.05, 0) is 63.4 Å². The number of anilines is 1. The first kappa shape index (κ1) is 29.7. The van der Waals surface area contributed by atoms with Gasteiger partial charge in [-0.3, -0.25) is 9.59 Å². The minimum Gasteiger partial charge on any atom is -0.350 e. The van der Waals surface area contributed by atoms with Crippen LogP contribution in [0.1, 0.15) is 39.7 Å². The maximum Gasteiger partial charge on any atom is 0.283 e. The standard InChI is InChI=1S/C27H38FN5O4S/c1-18(2)32-14-15-33(38(32,36)37)20(4)27(35)31-25(17-21-8-6-5-7-9-21)24(29)16-19(3)26(34)30-23-12-10-22(28)11-13-23/h5-13,18-20,24-25H,14-17,29H2,1-4H3,(H,30,34)(H,31,35)/t19-,20-,24+,25+/m1/s1. The molecule has 11 heteroatoms. The number of halogens is 1. The molecule has 38 heavy (non-hydrogen) atoms. The van der Waals surface area contributed by atoms with Gasteiger partial charge < -0.3 is 16.4 Å².